The molecule has 1 aromatic rings. The van der Waals surface area contributed by atoms with Crippen molar-refractivity contribution in [1.82, 2.24) is 5.32 Å². The minimum atomic E-state index is -0.832. The van der Waals surface area contributed by atoms with Gasteiger partial charge in [0.15, 0.2) is 0 Å². The number of hydrogen-bond donors (Lipinski definition) is 2. The van der Waals surface area contributed by atoms with Crippen LogP contribution in [-0.4, -0.2) is 23.5 Å². The van der Waals surface area contributed by atoms with Gasteiger partial charge in [0.25, 0.3) is 0 Å². The fraction of sp³-hybridized carbons (Fsp3) is 0.600. The number of carbonyl (C=O) groups excluding carboxylic acids is 1. The molecular weight excluding hydrogens is 274 g/mol. The summed E-state index contributed by atoms with van der Waals surface area (Å²) >= 11 is 1.69. The first kappa shape index (κ1) is 16.7. The first-order valence-electron chi connectivity index (χ1n) is 7.06. The molecule has 0 aliphatic heterocycles. The summed E-state index contributed by atoms with van der Waals surface area (Å²) < 4.78 is 0. The Morgan fingerprint density at radius 3 is 2.55 bits per heavy atom. The number of carboxylic acid groups (broad SMARTS) is 1. The Labute approximate surface area is 124 Å². The molecule has 1 rings (SSSR count). The first-order valence-corrected chi connectivity index (χ1v) is 7.94. The lowest BCUT2D eigenvalue weighted by Gasteiger charge is -2.26. The zero-order chi connectivity index (χ0) is 15.0. The summed E-state index contributed by atoms with van der Waals surface area (Å²) in [5, 5.41) is 14.1. The quantitative estimate of drug-likeness (QED) is 0.736. The van der Waals surface area contributed by atoms with Gasteiger partial charge in [-0.3, -0.25) is 9.59 Å². The number of nitrogens with one attached hydrogen (secondary N) is 1. The third-order valence-corrected chi connectivity index (χ3v) is 4.77. The van der Waals surface area contributed by atoms with Gasteiger partial charge in [0.05, 0.1) is 5.41 Å². The molecule has 1 heterocycles. The SMILES string of the molecule is CCC(CC)(CNC(=O)CCCc1cccs1)C(=O)O. The normalized spacial score (nSPS) is 11.3. The van der Waals surface area contributed by atoms with E-state index in [0.717, 1.165) is 12.8 Å². The molecule has 0 fully saturated rings. The number of aliphatic carboxylic acids is 1. The van der Waals surface area contributed by atoms with E-state index in [4.69, 9.17) is 0 Å². The number of thiophene rings is 1. The minimum Gasteiger partial charge on any atom is -0.481 e. The average Bonchev–Trinajstić information content (AvgIpc) is 2.93. The van der Waals surface area contributed by atoms with Crippen molar-refractivity contribution < 1.29 is 14.7 Å². The number of amides is 1. The summed E-state index contributed by atoms with van der Waals surface area (Å²) in [6, 6.07) is 4.07. The second-order valence-corrected chi connectivity index (χ2v) is 6.03. The van der Waals surface area contributed by atoms with Crippen LogP contribution in [0.15, 0.2) is 17.5 Å². The van der Waals surface area contributed by atoms with Crippen LogP contribution < -0.4 is 5.32 Å². The van der Waals surface area contributed by atoms with Gasteiger partial charge in [-0.25, -0.2) is 0 Å². The highest BCUT2D eigenvalue weighted by atomic mass is 32.1. The van der Waals surface area contributed by atoms with Gasteiger partial charge in [0.1, 0.15) is 0 Å². The van der Waals surface area contributed by atoms with Crippen molar-refractivity contribution >= 4 is 23.2 Å². The van der Waals surface area contributed by atoms with Crippen LogP contribution in [0.3, 0.4) is 0 Å². The smallest absolute Gasteiger partial charge is 0.311 e. The molecule has 0 atom stereocenters. The molecule has 112 valence electrons. The van der Waals surface area contributed by atoms with Crippen molar-refractivity contribution in [2.75, 3.05) is 6.54 Å². The Hall–Kier alpha value is -1.36. The zero-order valence-corrected chi connectivity index (χ0v) is 13.0. The maximum Gasteiger partial charge on any atom is 0.311 e. The lowest BCUT2D eigenvalue weighted by molar-refractivity contribution is -0.149. The van der Waals surface area contributed by atoms with Gasteiger partial charge >= 0.3 is 5.97 Å². The number of rotatable bonds is 9. The number of aryl methyl sites for hydroxylation is 1. The van der Waals surface area contributed by atoms with E-state index in [1.54, 1.807) is 11.3 Å². The van der Waals surface area contributed by atoms with Crippen molar-refractivity contribution in [1.29, 1.82) is 0 Å². The molecule has 1 aromatic heterocycles. The third kappa shape index (κ3) is 4.63. The monoisotopic (exact) mass is 297 g/mol. The number of carbonyl (C=O) groups is 2. The van der Waals surface area contributed by atoms with Crippen molar-refractivity contribution in [2.24, 2.45) is 5.41 Å². The molecule has 0 unspecified atom stereocenters. The van der Waals surface area contributed by atoms with Gasteiger partial charge in [0, 0.05) is 17.8 Å². The average molecular weight is 297 g/mol. The van der Waals surface area contributed by atoms with Crippen LogP contribution in [0, 0.1) is 5.41 Å². The summed E-state index contributed by atoms with van der Waals surface area (Å²) in [5.41, 5.74) is -0.830. The molecule has 0 spiro atoms. The van der Waals surface area contributed by atoms with Gasteiger partial charge in [-0.05, 0) is 37.1 Å². The topological polar surface area (TPSA) is 66.4 Å². The fourth-order valence-corrected chi connectivity index (χ4v) is 2.86. The summed E-state index contributed by atoms with van der Waals surface area (Å²) in [5.74, 6) is -0.893. The lowest BCUT2D eigenvalue weighted by Crippen LogP contribution is -2.42. The molecule has 0 radical (unpaired) electrons. The van der Waals surface area contributed by atoms with Crippen LogP contribution in [0.5, 0.6) is 0 Å². The van der Waals surface area contributed by atoms with Crippen LogP contribution in [0.1, 0.15) is 44.4 Å². The summed E-state index contributed by atoms with van der Waals surface area (Å²) in [4.78, 5) is 24.4. The molecule has 20 heavy (non-hydrogen) atoms. The molecule has 4 nitrogen and oxygen atoms in total. The summed E-state index contributed by atoms with van der Waals surface area (Å²) in [7, 11) is 0. The highest BCUT2D eigenvalue weighted by Crippen LogP contribution is 2.25. The second kappa shape index (κ2) is 8.04. The highest BCUT2D eigenvalue weighted by Gasteiger charge is 2.34. The van der Waals surface area contributed by atoms with E-state index in [2.05, 4.69) is 11.4 Å². The molecule has 0 bridgehead atoms. The Morgan fingerprint density at radius 2 is 2.05 bits per heavy atom. The largest absolute Gasteiger partial charge is 0.481 e. The molecule has 5 heteroatoms. The molecule has 1 amide bonds. The van der Waals surface area contributed by atoms with E-state index < -0.39 is 11.4 Å². The van der Waals surface area contributed by atoms with Gasteiger partial charge in [0.2, 0.25) is 5.91 Å². The van der Waals surface area contributed by atoms with E-state index in [-0.39, 0.29) is 12.5 Å². The van der Waals surface area contributed by atoms with E-state index in [0.29, 0.717) is 19.3 Å². The predicted octanol–water partition coefficient (Wildman–Crippen LogP) is 3.08. The van der Waals surface area contributed by atoms with Crippen LogP contribution in [0.25, 0.3) is 0 Å². The fourth-order valence-electron chi connectivity index (χ4n) is 2.11. The molecule has 0 aliphatic rings. The van der Waals surface area contributed by atoms with E-state index in [1.807, 2.05) is 25.3 Å². The minimum absolute atomic E-state index is 0.0610. The van der Waals surface area contributed by atoms with Gasteiger partial charge in [-0.1, -0.05) is 19.9 Å². The molecule has 0 saturated carbocycles. The van der Waals surface area contributed by atoms with E-state index in [9.17, 15) is 14.7 Å². The lowest BCUT2D eigenvalue weighted by atomic mass is 9.82. The van der Waals surface area contributed by atoms with Gasteiger partial charge in [-0.2, -0.15) is 0 Å². The maximum absolute atomic E-state index is 11.8. The molecule has 0 aromatic carbocycles. The predicted molar refractivity (Wildman–Crippen MR) is 80.9 cm³/mol. The van der Waals surface area contributed by atoms with Crippen molar-refractivity contribution in [3.63, 3.8) is 0 Å². The van der Waals surface area contributed by atoms with Crippen LogP contribution >= 0.6 is 11.3 Å². The van der Waals surface area contributed by atoms with Crippen LogP contribution in [0.4, 0.5) is 0 Å². The molecule has 0 saturated heterocycles. The number of hydrogen-bond acceptors (Lipinski definition) is 3. The Kier molecular flexibility index (Phi) is 6.71. The summed E-state index contributed by atoms with van der Waals surface area (Å²) in [6.07, 6.45) is 3.19. The first-order chi connectivity index (χ1) is 9.54. The molecule has 0 aliphatic carbocycles. The number of carboxylic acids is 1. The van der Waals surface area contributed by atoms with Crippen LogP contribution in [-0.2, 0) is 16.0 Å². The second-order valence-electron chi connectivity index (χ2n) is 5.00. The zero-order valence-electron chi connectivity index (χ0n) is 12.1. The molecule has 2 N–H and O–H groups in total. The van der Waals surface area contributed by atoms with Gasteiger partial charge < -0.3 is 10.4 Å². The van der Waals surface area contributed by atoms with E-state index in [1.165, 1.54) is 4.88 Å². The molecular formula is C15H23NO3S. The third-order valence-electron chi connectivity index (χ3n) is 3.84. The van der Waals surface area contributed by atoms with Gasteiger partial charge in [-0.15, -0.1) is 11.3 Å². The highest BCUT2D eigenvalue weighted by molar-refractivity contribution is 7.09. The van der Waals surface area contributed by atoms with Crippen molar-refractivity contribution in [3.05, 3.63) is 22.4 Å². The van der Waals surface area contributed by atoms with Crippen molar-refractivity contribution in [3.8, 4) is 0 Å². The Bertz CT molecular complexity index is 424. The Morgan fingerprint density at radius 1 is 1.35 bits per heavy atom. The Balaban J connectivity index is 2.33. The van der Waals surface area contributed by atoms with E-state index >= 15 is 0 Å². The summed E-state index contributed by atoms with van der Waals surface area (Å²) in [6.45, 7) is 3.91. The maximum atomic E-state index is 11.8. The van der Waals surface area contributed by atoms with Crippen LogP contribution in [0.2, 0.25) is 0 Å². The van der Waals surface area contributed by atoms with Crippen molar-refractivity contribution in [2.45, 2.75) is 46.0 Å². The standard InChI is InChI=1S/C15H23NO3S/c1-3-15(4-2,14(18)19)11-16-13(17)9-5-7-12-8-6-10-20-12/h6,8,10H,3-5,7,9,11H2,1-2H3,(H,16,17)(H,18,19).